The van der Waals surface area contributed by atoms with E-state index in [9.17, 15) is 18.3 Å². The van der Waals surface area contributed by atoms with Gasteiger partial charge in [0.05, 0.1) is 28.8 Å². The summed E-state index contributed by atoms with van der Waals surface area (Å²) < 4.78 is 32.6. The zero-order chi connectivity index (χ0) is 21.5. The third kappa shape index (κ3) is 3.62. The summed E-state index contributed by atoms with van der Waals surface area (Å²) in [6, 6.07) is 10.8. The molecule has 30 heavy (non-hydrogen) atoms. The minimum absolute atomic E-state index is 0.0458. The Kier molecular flexibility index (Phi) is 5.40. The molecule has 1 aliphatic heterocycles. The Labute approximate surface area is 178 Å². The van der Waals surface area contributed by atoms with E-state index in [1.165, 1.54) is 35.7 Å². The molecular weight excluding hydrogens is 428 g/mol. The number of nitrogens with zero attached hydrogens (tertiary/aromatic N) is 2. The van der Waals surface area contributed by atoms with Gasteiger partial charge < -0.3 is 9.84 Å². The Hall–Kier alpha value is -2.68. The van der Waals surface area contributed by atoms with Crippen LogP contribution in [0.4, 0.5) is 0 Å². The number of hydrogen-bond donors (Lipinski definition) is 1. The van der Waals surface area contributed by atoms with Gasteiger partial charge in [-0.2, -0.15) is 4.31 Å². The molecule has 0 saturated carbocycles. The molecule has 2 heterocycles. The number of halogens is 1. The summed E-state index contributed by atoms with van der Waals surface area (Å²) in [5.41, 5.74) is 1.24. The lowest BCUT2D eigenvalue weighted by Crippen LogP contribution is -2.27. The lowest BCUT2D eigenvalue weighted by atomic mass is 10.0. The van der Waals surface area contributed by atoms with Crippen molar-refractivity contribution in [2.45, 2.75) is 17.7 Å². The number of rotatable bonds is 5. The lowest BCUT2D eigenvalue weighted by molar-refractivity contribution is 0.0699. The van der Waals surface area contributed by atoms with E-state index < -0.39 is 16.0 Å². The van der Waals surface area contributed by atoms with Crippen LogP contribution in [-0.2, 0) is 10.0 Å². The van der Waals surface area contributed by atoms with E-state index in [1.54, 1.807) is 18.2 Å². The molecule has 1 saturated heterocycles. The van der Waals surface area contributed by atoms with E-state index in [-0.39, 0.29) is 15.8 Å². The number of fused-ring (bicyclic) bond motifs is 1. The second-order valence-corrected chi connectivity index (χ2v) is 9.37. The number of carboxylic acid groups (broad SMARTS) is 1. The molecule has 7 nitrogen and oxygen atoms in total. The van der Waals surface area contributed by atoms with E-state index in [4.69, 9.17) is 16.3 Å². The third-order valence-corrected chi connectivity index (χ3v) is 7.28. The highest BCUT2D eigenvalue weighted by Gasteiger charge is 2.28. The molecule has 156 valence electrons. The second-order valence-electron chi connectivity index (χ2n) is 6.99. The monoisotopic (exact) mass is 446 g/mol. The number of methoxy groups -OCH3 is 1. The summed E-state index contributed by atoms with van der Waals surface area (Å²) in [5.74, 6) is -0.684. The zero-order valence-corrected chi connectivity index (χ0v) is 17.7. The number of carboxylic acids is 1. The number of sulfonamides is 1. The van der Waals surface area contributed by atoms with Crippen LogP contribution in [0.15, 0.2) is 47.4 Å². The molecule has 4 rings (SSSR count). The molecule has 1 N–H and O–H groups in total. The van der Waals surface area contributed by atoms with E-state index in [0.717, 1.165) is 12.8 Å². The van der Waals surface area contributed by atoms with Crippen LogP contribution in [0.2, 0.25) is 5.02 Å². The Bertz CT molecular complexity index is 1250. The molecule has 0 unspecified atom stereocenters. The minimum Gasteiger partial charge on any atom is -0.496 e. The van der Waals surface area contributed by atoms with E-state index in [1.807, 2.05) is 0 Å². The summed E-state index contributed by atoms with van der Waals surface area (Å²) in [6.07, 6.45) is 1.64. The van der Waals surface area contributed by atoms with Crippen LogP contribution in [0.1, 0.15) is 23.2 Å². The zero-order valence-electron chi connectivity index (χ0n) is 16.1. The van der Waals surface area contributed by atoms with E-state index in [0.29, 0.717) is 40.6 Å². The van der Waals surface area contributed by atoms with Gasteiger partial charge in [0.1, 0.15) is 5.75 Å². The van der Waals surface area contributed by atoms with Crippen molar-refractivity contribution in [3.63, 3.8) is 0 Å². The van der Waals surface area contributed by atoms with Crippen molar-refractivity contribution in [2.75, 3.05) is 20.2 Å². The molecular formula is C21H19ClN2O5S. The van der Waals surface area contributed by atoms with Crippen LogP contribution in [0.5, 0.6) is 5.75 Å². The fourth-order valence-electron chi connectivity index (χ4n) is 3.64. The topological polar surface area (TPSA) is 96.8 Å². The Morgan fingerprint density at radius 3 is 2.53 bits per heavy atom. The molecule has 0 bridgehead atoms. The first-order valence-corrected chi connectivity index (χ1v) is 11.2. The second kappa shape index (κ2) is 7.86. The molecule has 0 atom stereocenters. The predicted molar refractivity (Wildman–Crippen MR) is 114 cm³/mol. The van der Waals surface area contributed by atoms with E-state index >= 15 is 0 Å². The molecule has 0 radical (unpaired) electrons. The molecule has 3 aromatic rings. The summed E-state index contributed by atoms with van der Waals surface area (Å²) >= 11 is 6.11. The van der Waals surface area contributed by atoms with Gasteiger partial charge >= 0.3 is 5.97 Å². The lowest BCUT2D eigenvalue weighted by Gasteiger charge is -2.16. The van der Waals surface area contributed by atoms with Crippen molar-refractivity contribution in [1.29, 1.82) is 0 Å². The Morgan fingerprint density at radius 1 is 1.13 bits per heavy atom. The van der Waals surface area contributed by atoms with Gasteiger partial charge in [-0.25, -0.2) is 18.2 Å². The first kappa shape index (κ1) is 20.6. The maximum Gasteiger partial charge on any atom is 0.336 e. The van der Waals surface area contributed by atoms with Crippen molar-refractivity contribution >= 4 is 38.5 Å². The minimum atomic E-state index is -3.68. The number of benzene rings is 2. The number of pyridine rings is 1. The molecule has 1 aliphatic rings. The standard InChI is InChI=1S/C21H19ClN2O5S/c1-29-20-7-4-13(22)10-17(20)19-12-16(21(25)26)15-11-14(5-6-18(15)23-19)30(27,28)24-8-2-3-9-24/h4-7,10-12H,2-3,8-9H2,1H3,(H,25,26). The average molecular weight is 447 g/mol. The van der Waals surface area contributed by atoms with Gasteiger partial charge in [-0.3, -0.25) is 0 Å². The maximum absolute atomic E-state index is 12.9. The molecule has 0 amide bonds. The fraction of sp³-hybridized carbons (Fsp3) is 0.238. The van der Waals surface area contributed by atoms with Crippen LogP contribution in [0, 0.1) is 0 Å². The maximum atomic E-state index is 12.9. The van der Waals surface area contributed by atoms with Crippen molar-refractivity contribution in [1.82, 2.24) is 9.29 Å². The van der Waals surface area contributed by atoms with Gasteiger partial charge in [-0.1, -0.05) is 11.6 Å². The fourth-order valence-corrected chi connectivity index (χ4v) is 5.35. The number of hydrogen-bond acceptors (Lipinski definition) is 5. The molecule has 9 heteroatoms. The summed E-state index contributed by atoms with van der Waals surface area (Å²) in [7, 11) is -2.17. The van der Waals surface area contributed by atoms with Gasteiger partial charge in [-0.05, 0) is 55.3 Å². The highest BCUT2D eigenvalue weighted by molar-refractivity contribution is 7.89. The van der Waals surface area contributed by atoms with Crippen LogP contribution >= 0.6 is 11.6 Å². The largest absolute Gasteiger partial charge is 0.496 e. The van der Waals surface area contributed by atoms with Crippen molar-refractivity contribution in [3.8, 4) is 17.0 Å². The molecule has 1 aromatic heterocycles. The first-order chi connectivity index (χ1) is 14.3. The van der Waals surface area contributed by atoms with Crippen LogP contribution in [0.3, 0.4) is 0 Å². The molecule has 0 spiro atoms. The molecule has 2 aromatic carbocycles. The quantitative estimate of drug-likeness (QED) is 0.635. The highest BCUT2D eigenvalue weighted by Crippen LogP contribution is 2.34. The highest BCUT2D eigenvalue weighted by atomic mass is 35.5. The normalized spacial score (nSPS) is 14.9. The van der Waals surface area contributed by atoms with Gasteiger partial charge in [0, 0.05) is 29.1 Å². The van der Waals surface area contributed by atoms with Crippen molar-refractivity contribution < 1.29 is 23.1 Å². The predicted octanol–water partition coefficient (Wildman–Crippen LogP) is 4.05. The number of aromatic carboxylic acids is 1. The van der Waals surface area contributed by atoms with Gasteiger partial charge in [0.15, 0.2) is 0 Å². The van der Waals surface area contributed by atoms with Gasteiger partial charge in [0.2, 0.25) is 10.0 Å². The SMILES string of the molecule is COc1ccc(Cl)cc1-c1cc(C(=O)O)c2cc(S(=O)(=O)N3CCCC3)ccc2n1. The summed E-state index contributed by atoms with van der Waals surface area (Å²) in [4.78, 5) is 16.6. The number of carbonyl (C=O) groups is 1. The smallest absolute Gasteiger partial charge is 0.336 e. The third-order valence-electron chi connectivity index (χ3n) is 5.15. The average Bonchev–Trinajstić information content (AvgIpc) is 3.28. The van der Waals surface area contributed by atoms with Crippen LogP contribution < -0.4 is 4.74 Å². The van der Waals surface area contributed by atoms with Crippen molar-refractivity contribution in [3.05, 3.63) is 53.1 Å². The first-order valence-electron chi connectivity index (χ1n) is 9.33. The molecule has 0 aliphatic carbocycles. The summed E-state index contributed by atoms with van der Waals surface area (Å²) in [6.45, 7) is 0.940. The number of aromatic nitrogens is 1. The molecule has 1 fully saturated rings. The van der Waals surface area contributed by atoms with Crippen molar-refractivity contribution in [2.24, 2.45) is 0 Å². The Morgan fingerprint density at radius 2 is 1.87 bits per heavy atom. The Balaban J connectivity index is 1.91. The number of ether oxygens (including phenoxy) is 1. The van der Waals surface area contributed by atoms with Crippen LogP contribution in [0.25, 0.3) is 22.2 Å². The summed E-state index contributed by atoms with van der Waals surface area (Å²) in [5, 5.41) is 10.5. The van der Waals surface area contributed by atoms with Gasteiger partial charge in [0.25, 0.3) is 0 Å². The van der Waals surface area contributed by atoms with Gasteiger partial charge in [-0.15, -0.1) is 0 Å². The van der Waals surface area contributed by atoms with Crippen LogP contribution in [-0.4, -0.2) is 49.0 Å². The van der Waals surface area contributed by atoms with E-state index in [2.05, 4.69) is 4.98 Å².